The van der Waals surface area contributed by atoms with Crippen molar-refractivity contribution in [1.82, 2.24) is 9.55 Å². The third-order valence-corrected chi connectivity index (χ3v) is 5.37. The van der Waals surface area contributed by atoms with E-state index in [-0.39, 0.29) is 18.0 Å². The summed E-state index contributed by atoms with van der Waals surface area (Å²) in [6.07, 6.45) is 2.30. The summed E-state index contributed by atoms with van der Waals surface area (Å²) in [5, 5.41) is 3.41. The van der Waals surface area contributed by atoms with Crippen LogP contribution in [0.15, 0.2) is 39.9 Å². The zero-order chi connectivity index (χ0) is 17.3. The number of fused-ring (bicyclic) bond motifs is 1. The number of hydrogen-bond acceptors (Lipinski definition) is 4. The number of aromatic nitrogens is 2. The van der Waals surface area contributed by atoms with Crippen LogP contribution in [0.3, 0.4) is 0 Å². The molecule has 7 heteroatoms. The van der Waals surface area contributed by atoms with Gasteiger partial charge in [0, 0.05) is 15.0 Å². The number of carbonyl (C=O) groups is 1. The molecule has 124 valence electrons. The molecule has 0 aliphatic carbocycles. The van der Waals surface area contributed by atoms with Crippen molar-refractivity contribution in [3.63, 3.8) is 0 Å². The Morgan fingerprint density at radius 1 is 1.38 bits per heavy atom. The Morgan fingerprint density at radius 2 is 2.17 bits per heavy atom. The highest BCUT2D eigenvalue weighted by Gasteiger charge is 2.11. The molecule has 0 spiro atoms. The van der Waals surface area contributed by atoms with Crippen molar-refractivity contribution in [1.29, 1.82) is 0 Å². The molecule has 0 atom stereocenters. The predicted octanol–water partition coefficient (Wildman–Crippen LogP) is 3.73. The second-order valence-electron chi connectivity index (χ2n) is 5.47. The number of hydrogen-bond donors (Lipinski definition) is 1. The summed E-state index contributed by atoms with van der Waals surface area (Å²) in [6.45, 7) is 3.89. The van der Waals surface area contributed by atoms with Gasteiger partial charge >= 0.3 is 0 Å². The average Bonchev–Trinajstić information content (AvgIpc) is 2.97. The number of nitrogens with zero attached hydrogens (tertiary/aromatic N) is 2. The summed E-state index contributed by atoms with van der Waals surface area (Å²) in [5.74, 6) is -0.255. The van der Waals surface area contributed by atoms with Crippen LogP contribution in [-0.4, -0.2) is 15.5 Å². The van der Waals surface area contributed by atoms with E-state index in [2.05, 4.69) is 26.2 Å². The largest absolute Gasteiger partial charge is 0.324 e. The van der Waals surface area contributed by atoms with Gasteiger partial charge in [0.1, 0.15) is 11.4 Å². The second-order valence-corrected chi connectivity index (χ2v) is 7.50. The van der Waals surface area contributed by atoms with Crippen molar-refractivity contribution in [2.45, 2.75) is 26.8 Å². The number of amides is 1. The molecule has 0 radical (unpaired) electrons. The van der Waals surface area contributed by atoms with Gasteiger partial charge in [-0.05, 0) is 43.2 Å². The normalized spacial score (nSPS) is 11.0. The van der Waals surface area contributed by atoms with Gasteiger partial charge in [0.25, 0.3) is 5.56 Å². The van der Waals surface area contributed by atoms with Crippen molar-refractivity contribution in [3.8, 4) is 0 Å². The number of rotatable bonds is 4. The molecular weight excluding hydrogens is 390 g/mol. The third-order valence-electron chi connectivity index (χ3n) is 3.69. The first kappa shape index (κ1) is 16.9. The smallest absolute Gasteiger partial charge is 0.262 e. The van der Waals surface area contributed by atoms with E-state index in [0.717, 1.165) is 31.9 Å². The standard InChI is InChI=1S/C17H16BrN3O2S/c1-3-12-7-13-16(24-12)19-9-21(17(13)23)8-15(22)20-14-5-4-11(18)6-10(14)2/h4-7,9H,3,8H2,1-2H3,(H,20,22). The first-order valence-electron chi connectivity index (χ1n) is 7.51. The molecule has 1 N–H and O–H groups in total. The minimum atomic E-state index is -0.255. The molecule has 2 heterocycles. The Morgan fingerprint density at radius 3 is 2.88 bits per heavy atom. The lowest BCUT2D eigenvalue weighted by Crippen LogP contribution is -2.27. The second kappa shape index (κ2) is 6.86. The molecule has 0 saturated heterocycles. The Hall–Kier alpha value is -1.99. The Bertz CT molecular complexity index is 978. The van der Waals surface area contributed by atoms with Crippen molar-refractivity contribution < 1.29 is 4.79 Å². The summed E-state index contributed by atoms with van der Waals surface area (Å²) >= 11 is 4.91. The van der Waals surface area contributed by atoms with Gasteiger partial charge in [0.05, 0.1) is 11.7 Å². The van der Waals surface area contributed by atoms with Crippen molar-refractivity contribution in [2.75, 3.05) is 5.32 Å². The SMILES string of the molecule is CCc1cc2c(=O)n(CC(=O)Nc3ccc(Br)cc3C)cnc2s1. The summed E-state index contributed by atoms with van der Waals surface area (Å²) in [4.78, 5) is 30.9. The van der Waals surface area contributed by atoms with Gasteiger partial charge in [-0.1, -0.05) is 22.9 Å². The zero-order valence-electron chi connectivity index (χ0n) is 13.3. The fraction of sp³-hybridized carbons (Fsp3) is 0.235. The minimum Gasteiger partial charge on any atom is -0.324 e. The van der Waals surface area contributed by atoms with Gasteiger partial charge in [-0.2, -0.15) is 0 Å². The highest BCUT2D eigenvalue weighted by molar-refractivity contribution is 9.10. The molecule has 2 aromatic heterocycles. The highest BCUT2D eigenvalue weighted by atomic mass is 79.9. The summed E-state index contributed by atoms with van der Waals surface area (Å²) in [5.41, 5.74) is 1.50. The molecule has 5 nitrogen and oxygen atoms in total. The Balaban J connectivity index is 1.82. The van der Waals surface area contributed by atoms with Crippen molar-refractivity contribution in [3.05, 3.63) is 55.9 Å². The molecule has 0 aliphatic heterocycles. The molecule has 0 bridgehead atoms. The number of thiophene rings is 1. The maximum Gasteiger partial charge on any atom is 0.262 e. The molecular formula is C17H16BrN3O2S. The number of anilines is 1. The monoisotopic (exact) mass is 405 g/mol. The van der Waals surface area contributed by atoms with Crippen LogP contribution < -0.4 is 10.9 Å². The van der Waals surface area contributed by atoms with Crippen LogP contribution in [0.2, 0.25) is 0 Å². The molecule has 0 fully saturated rings. The molecule has 0 aliphatic rings. The maximum absolute atomic E-state index is 12.5. The number of nitrogens with one attached hydrogen (secondary N) is 1. The van der Waals surface area contributed by atoms with E-state index in [0.29, 0.717) is 5.39 Å². The lowest BCUT2D eigenvalue weighted by molar-refractivity contribution is -0.116. The van der Waals surface area contributed by atoms with E-state index in [1.54, 1.807) is 0 Å². The molecule has 3 aromatic rings. The summed E-state index contributed by atoms with van der Waals surface area (Å²) in [6, 6.07) is 7.48. The first-order valence-corrected chi connectivity index (χ1v) is 9.12. The van der Waals surface area contributed by atoms with E-state index in [4.69, 9.17) is 0 Å². The lowest BCUT2D eigenvalue weighted by atomic mass is 10.2. The van der Waals surface area contributed by atoms with E-state index in [1.165, 1.54) is 22.2 Å². The fourth-order valence-electron chi connectivity index (χ4n) is 2.41. The van der Waals surface area contributed by atoms with E-state index in [1.807, 2.05) is 38.1 Å². The van der Waals surface area contributed by atoms with Crippen LogP contribution in [0.5, 0.6) is 0 Å². The Kier molecular flexibility index (Phi) is 4.82. The molecule has 0 unspecified atom stereocenters. The maximum atomic E-state index is 12.5. The van der Waals surface area contributed by atoms with Gasteiger partial charge in [0.2, 0.25) is 5.91 Å². The average molecular weight is 406 g/mol. The predicted molar refractivity (Wildman–Crippen MR) is 101 cm³/mol. The van der Waals surface area contributed by atoms with Crippen LogP contribution >= 0.6 is 27.3 Å². The van der Waals surface area contributed by atoms with Gasteiger partial charge in [-0.25, -0.2) is 4.98 Å². The number of carbonyl (C=O) groups excluding carboxylic acids is 1. The lowest BCUT2D eigenvalue weighted by Gasteiger charge is -2.09. The van der Waals surface area contributed by atoms with Gasteiger partial charge in [-0.15, -0.1) is 11.3 Å². The molecule has 3 rings (SSSR count). The number of benzene rings is 1. The topological polar surface area (TPSA) is 64.0 Å². The van der Waals surface area contributed by atoms with E-state index >= 15 is 0 Å². The fourth-order valence-corrected chi connectivity index (χ4v) is 3.81. The van der Waals surface area contributed by atoms with E-state index in [9.17, 15) is 9.59 Å². The van der Waals surface area contributed by atoms with Gasteiger partial charge in [-0.3, -0.25) is 14.2 Å². The summed E-state index contributed by atoms with van der Waals surface area (Å²) in [7, 11) is 0. The molecule has 1 amide bonds. The molecule has 24 heavy (non-hydrogen) atoms. The number of halogens is 1. The van der Waals surface area contributed by atoms with Crippen molar-refractivity contribution >= 4 is 49.1 Å². The zero-order valence-corrected chi connectivity index (χ0v) is 15.7. The highest BCUT2D eigenvalue weighted by Crippen LogP contribution is 2.21. The van der Waals surface area contributed by atoms with Gasteiger partial charge in [0.15, 0.2) is 0 Å². The van der Waals surface area contributed by atoms with Crippen LogP contribution in [-0.2, 0) is 17.8 Å². The van der Waals surface area contributed by atoms with Gasteiger partial charge < -0.3 is 5.32 Å². The molecule has 1 aromatic carbocycles. The van der Waals surface area contributed by atoms with E-state index < -0.39 is 0 Å². The number of aryl methyl sites for hydroxylation is 2. The van der Waals surface area contributed by atoms with Crippen LogP contribution in [0.1, 0.15) is 17.4 Å². The quantitative estimate of drug-likeness (QED) is 0.718. The van der Waals surface area contributed by atoms with Crippen LogP contribution in [0.4, 0.5) is 5.69 Å². The van der Waals surface area contributed by atoms with Crippen LogP contribution in [0.25, 0.3) is 10.2 Å². The minimum absolute atomic E-state index is 0.0609. The summed E-state index contributed by atoms with van der Waals surface area (Å²) < 4.78 is 2.30. The Labute approximate surface area is 151 Å². The van der Waals surface area contributed by atoms with Crippen LogP contribution in [0, 0.1) is 6.92 Å². The third kappa shape index (κ3) is 3.42. The first-order chi connectivity index (χ1) is 11.5. The molecule has 0 saturated carbocycles. The van der Waals surface area contributed by atoms with Crippen molar-refractivity contribution in [2.24, 2.45) is 0 Å².